The van der Waals surface area contributed by atoms with Gasteiger partial charge in [0, 0.05) is 13.7 Å². The highest BCUT2D eigenvalue weighted by Gasteiger charge is 2.46. The summed E-state index contributed by atoms with van der Waals surface area (Å²) < 4.78 is 5.27. The van der Waals surface area contributed by atoms with E-state index in [9.17, 15) is 9.59 Å². The molecule has 2 aliphatic heterocycles. The molecule has 0 aromatic carbocycles. The van der Waals surface area contributed by atoms with Crippen LogP contribution >= 0.6 is 0 Å². The number of methoxy groups -OCH3 is 1. The molecule has 0 bridgehead atoms. The lowest BCUT2D eigenvalue weighted by Gasteiger charge is -2.39. The minimum absolute atomic E-state index is 0.0390. The lowest BCUT2D eigenvalue weighted by atomic mass is 9.78. The van der Waals surface area contributed by atoms with Crippen molar-refractivity contribution < 1.29 is 14.3 Å². The molecular formula is C13H23N3O3. The highest BCUT2D eigenvalue weighted by Crippen LogP contribution is 2.34. The summed E-state index contributed by atoms with van der Waals surface area (Å²) in [5, 5.41) is 3.26. The minimum atomic E-state index is -0.488. The molecule has 1 unspecified atom stereocenters. The Hall–Kier alpha value is -1.14. The van der Waals surface area contributed by atoms with Gasteiger partial charge in [-0.2, -0.15) is 0 Å². The highest BCUT2D eigenvalue weighted by molar-refractivity contribution is 5.90. The van der Waals surface area contributed by atoms with Crippen molar-refractivity contribution in [2.24, 2.45) is 11.1 Å². The third-order valence-corrected chi connectivity index (χ3v) is 4.28. The first kappa shape index (κ1) is 14.3. The largest absolute Gasteiger partial charge is 0.384 e. The molecule has 0 saturated carbocycles. The van der Waals surface area contributed by atoms with Gasteiger partial charge in [0.1, 0.15) is 6.04 Å². The van der Waals surface area contributed by atoms with Crippen molar-refractivity contribution >= 4 is 11.8 Å². The van der Waals surface area contributed by atoms with E-state index in [-0.39, 0.29) is 5.91 Å². The van der Waals surface area contributed by atoms with Crippen LogP contribution < -0.4 is 11.1 Å². The Balaban J connectivity index is 2.16. The zero-order valence-corrected chi connectivity index (χ0v) is 11.5. The summed E-state index contributed by atoms with van der Waals surface area (Å²) in [5.74, 6) is -0.357. The fraction of sp³-hybridized carbons (Fsp3) is 0.846. The number of primary amides is 1. The standard InChI is InChI=1S/C13H23N3O3/c1-19-9-13(4-6-15-7-5-13)12(18)16-8-2-3-10(16)11(14)17/h10,15H,2-9H2,1H3,(H2,14,17). The lowest BCUT2D eigenvalue weighted by Crippen LogP contribution is -2.54. The van der Waals surface area contributed by atoms with E-state index in [4.69, 9.17) is 10.5 Å². The van der Waals surface area contributed by atoms with Crippen LogP contribution in [0.15, 0.2) is 0 Å². The zero-order valence-electron chi connectivity index (χ0n) is 11.5. The molecule has 0 aliphatic carbocycles. The number of likely N-dealkylation sites (tertiary alicyclic amines) is 1. The number of nitrogens with two attached hydrogens (primary N) is 1. The van der Waals surface area contributed by atoms with Gasteiger partial charge in [-0.1, -0.05) is 0 Å². The first-order valence-corrected chi connectivity index (χ1v) is 6.91. The number of amides is 2. The van der Waals surface area contributed by atoms with Crippen LogP contribution in [0.25, 0.3) is 0 Å². The number of ether oxygens (including phenoxy) is 1. The van der Waals surface area contributed by atoms with Gasteiger partial charge in [-0.25, -0.2) is 0 Å². The average Bonchev–Trinajstić information content (AvgIpc) is 2.88. The van der Waals surface area contributed by atoms with Gasteiger partial charge in [-0.05, 0) is 38.8 Å². The predicted molar refractivity (Wildman–Crippen MR) is 70.3 cm³/mol. The molecule has 108 valence electrons. The average molecular weight is 269 g/mol. The second kappa shape index (κ2) is 5.88. The maximum atomic E-state index is 12.8. The summed E-state index contributed by atoms with van der Waals surface area (Å²) in [5.41, 5.74) is 4.91. The van der Waals surface area contributed by atoms with Gasteiger partial charge in [0.05, 0.1) is 12.0 Å². The third-order valence-electron chi connectivity index (χ3n) is 4.28. The second-order valence-electron chi connectivity index (χ2n) is 5.52. The zero-order chi connectivity index (χ0) is 13.9. The van der Waals surface area contributed by atoms with E-state index in [1.807, 2.05) is 0 Å². The fourth-order valence-corrected chi connectivity index (χ4v) is 3.21. The summed E-state index contributed by atoms with van der Waals surface area (Å²) in [7, 11) is 1.62. The maximum absolute atomic E-state index is 12.8. The van der Waals surface area contributed by atoms with Crippen LogP contribution in [-0.2, 0) is 14.3 Å². The normalized spacial score (nSPS) is 26.4. The third kappa shape index (κ3) is 2.74. The topological polar surface area (TPSA) is 84.7 Å². The van der Waals surface area contributed by atoms with Crippen molar-refractivity contribution in [1.82, 2.24) is 10.2 Å². The Morgan fingerprint density at radius 3 is 2.68 bits per heavy atom. The van der Waals surface area contributed by atoms with Gasteiger partial charge in [0.2, 0.25) is 11.8 Å². The second-order valence-corrected chi connectivity index (χ2v) is 5.52. The maximum Gasteiger partial charge on any atom is 0.240 e. The first-order valence-electron chi connectivity index (χ1n) is 6.91. The van der Waals surface area contributed by atoms with Crippen LogP contribution in [0.1, 0.15) is 25.7 Å². The molecule has 6 heteroatoms. The number of rotatable bonds is 4. The molecular weight excluding hydrogens is 246 g/mol. The minimum Gasteiger partial charge on any atom is -0.384 e. The van der Waals surface area contributed by atoms with Crippen LogP contribution in [-0.4, -0.2) is 56.1 Å². The Labute approximate surface area is 113 Å². The number of hydrogen-bond donors (Lipinski definition) is 2. The SMILES string of the molecule is COCC1(C(=O)N2CCCC2C(N)=O)CCNCC1. The molecule has 2 amide bonds. The van der Waals surface area contributed by atoms with Crippen molar-refractivity contribution in [2.45, 2.75) is 31.7 Å². The van der Waals surface area contributed by atoms with E-state index in [1.54, 1.807) is 12.0 Å². The molecule has 2 aliphatic rings. The molecule has 1 atom stereocenters. The monoisotopic (exact) mass is 269 g/mol. The molecule has 3 N–H and O–H groups in total. The number of nitrogens with one attached hydrogen (secondary N) is 1. The van der Waals surface area contributed by atoms with Crippen molar-refractivity contribution in [1.29, 1.82) is 0 Å². The van der Waals surface area contributed by atoms with Crippen LogP contribution in [0.4, 0.5) is 0 Å². The van der Waals surface area contributed by atoms with Crippen molar-refractivity contribution in [2.75, 3.05) is 33.4 Å². The van der Waals surface area contributed by atoms with Gasteiger partial charge in [-0.3, -0.25) is 9.59 Å². The van der Waals surface area contributed by atoms with E-state index in [0.29, 0.717) is 19.6 Å². The van der Waals surface area contributed by atoms with Crippen LogP contribution in [0.3, 0.4) is 0 Å². The van der Waals surface area contributed by atoms with E-state index >= 15 is 0 Å². The number of piperidine rings is 1. The van der Waals surface area contributed by atoms with Gasteiger partial charge in [0.25, 0.3) is 0 Å². The molecule has 0 aromatic heterocycles. The summed E-state index contributed by atoms with van der Waals surface area (Å²) in [6.07, 6.45) is 3.03. The van der Waals surface area contributed by atoms with Gasteiger partial charge < -0.3 is 20.7 Å². The van der Waals surface area contributed by atoms with E-state index in [0.717, 1.165) is 32.4 Å². The molecule has 2 fully saturated rings. The summed E-state index contributed by atoms with van der Waals surface area (Å²) in [6.45, 7) is 2.66. The Bertz CT molecular complexity index is 348. The van der Waals surface area contributed by atoms with Crippen molar-refractivity contribution in [3.8, 4) is 0 Å². The first-order chi connectivity index (χ1) is 9.10. The van der Waals surface area contributed by atoms with Crippen molar-refractivity contribution in [3.63, 3.8) is 0 Å². The molecule has 19 heavy (non-hydrogen) atoms. The molecule has 2 heterocycles. The van der Waals surface area contributed by atoms with E-state index in [1.165, 1.54) is 0 Å². The molecule has 2 rings (SSSR count). The fourth-order valence-electron chi connectivity index (χ4n) is 3.21. The van der Waals surface area contributed by atoms with Gasteiger partial charge in [0.15, 0.2) is 0 Å². The molecule has 2 saturated heterocycles. The Morgan fingerprint density at radius 2 is 2.11 bits per heavy atom. The van der Waals surface area contributed by atoms with Crippen LogP contribution in [0, 0.1) is 5.41 Å². The molecule has 0 spiro atoms. The predicted octanol–water partition coefficient (Wildman–Crippen LogP) is -0.521. The van der Waals surface area contributed by atoms with Crippen LogP contribution in [0.2, 0.25) is 0 Å². The van der Waals surface area contributed by atoms with Gasteiger partial charge >= 0.3 is 0 Å². The lowest BCUT2D eigenvalue weighted by molar-refractivity contribution is -0.151. The Morgan fingerprint density at radius 1 is 1.42 bits per heavy atom. The summed E-state index contributed by atoms with van der Waals surface area (Å²) in [6, 6.07) is -0.434. The summed E-state index contributed by atoms with van der Waals surface area (Å²) >= 11 is 0. The number of carbonyl (C=O) groups is 2. The molecule has 0 aromatic rings. The van der Waals surface area contributed by atoms with E-state index < -0.39 is 17.4 Å². The highest BCUT2D eigenvalue weighted by atomic mass is 16.5. The molecule has 6 nitrogen and oxygen atoms in total. The Kier molecular flexibility index (Phi) is 4.42. The number of carbonyl (C=O) groups excluding carboxylic acids is 2. The van der Waals surface area contributed by atoms with Crippen LogP contribution in [0.5, 0.6) is 0 Å². The molecule has 0 radical (unpaired) electrons. The number of hydrogen-bond acceptors (Lipinski definition) is 4. The quantitative estimate of drug-likeness (QED) is 0.719. The smallest absolute Gasteiger partial charge is 0.240 e. The van der Waals surface area contributed by atoms with Gasteiger partial charge in [-0.15, -0.1) is 0 Å². The van der Waals surface area contributed by atoms with Crippen molar-refractivity contribution in [3.05, 3.63) is 0 Å². The number of nitrogens with zero attached hydrogens (tertiary/aromatic N) is 1. The van der Waals surface area contributed by atoms with E-state index in [2.05, 4.69) is 5.32 Å². The summed E-state index contributed by atoms with van der Waals surface area (Å²) in [4.78, 5) is 26.0.